The van der Waals surface area contributed by atoms with Gasteiger partial charge in [0, 0.05) is 12.0 Å². The molecular formula is C8H13N. The largest absolute Gasteiger partial charge is 0.327 e. The van der Waals surface area contributed by atoms with Gasteiger partial charge in [0.25, 0.3) is 0 Å². The van der Waals surface area contributed by atoms with Crippen LogP contribution in [0.15, 0.2) is 0 Å². The van der Waals surface area contributed by atoms with Crippen LogP contribution in [-0.2, 0) is 0 Å². The van der Waals surface area contributed by atoms with Crippen LogP contribution in [0.5, 0.6) is 0 Å². The topological polar surface area (TPSA) is 26.0 Å². The molecule has 0 aliphatic heterocycles. The van der Waals surface area contributed by atoms with Gasteiger partial charge in [0.05, 0.1) is 0 Å². The molecule has 9 heavy (non-hydrogen) atoms. The molecule has 0 spiro atoms. The lowest BCUT2D eigenvalue weighted by Crippen LogP contribution is -2.31. The Morgan fingerprint density at radius 2 is 2.00 bits per heavy atom. The molecule has 0 aromatic carbocycles. The van der Waals surface area contributed by atoms with Crippen LogP contribution in [0.4, 0.5) is 0 Å². The number of hydrogen-bond acceptors (Lipinski definition) is 1. The molecular weight excluding hydrogens is 110 g/mol. The molecule has 1 nitrogen and oxygen atoms in total. The Hall–Kier alpha value is -0.480. The van der Waals surface area contributed by atoms with Crippen molar-refractivity contribution in [2.24, 2.45) is 11.7 Å². The fraction of sp³-hybridized carbons (Fsp3) is 0.750. The van der Waals surface area contributed by atoms with E-state index in [4.69, 9.17) is 12.2 Å². The van der Waals surface area contributed by atoms with Gasteiger partial charge in [-0.15, -0.1) is 12.3 Å². The predicted octanol–water partition coefficient (Wildman–Crippen LogP) is 1.14. The lowest BCUT2D eigenvalue weighted by atomic mass is 9.86. The van der Waals surface area contributed by atoms with Crippen LogP contribution >= 0.6 is 0 Å². The van der Waals surface area contributed by atoms with Gasteiger partial charge in [-0.3, -0.25) is 0 Å². The van der Waals surface area contributed by atoms with Gasteiger partial charge in [0.15, 0.2) is 0 Å². The molecule has 1 saturated carbocycles. The summed E-state index contributed by atoms with van der Waals surface area (Å²) in [6.07, 6.45) is 10.0. The molecule has 0 amide bonds. The summed E-state index contributed by atoms with van der Waals surface area (Å²) in [7, 11) is 0. The average molecular weight is 123 g/mol. The van der Waals surface area contributed by atoms with Crippen LogP contribution in [0.3, 0.4) is 0 Å². The molecule has 1 heteroatoms. The molecule has 2 N–H and O–H groups in total. The first-order valence-electron chi connectivity index (χ1n) is 3.56. The van der Waals surface area contributed by atoms with Crippen LogP contribution in [0.25, 0.3) is 0 Å². The molecule has 0 aromatic heterocycles. The Labute approximate surface area is 56.6 Å². The lowest BCUT2D eigenvalue weighted by Gasteiger charge is -2.23. The Kier molecular flexibility index (Phi) is 2.13. The molecule has 0 aromatic rings. The normalized spacial score (nSPS) is 35.6. The summed E-state index contributed by atoms with van der Waals surface area (Å²) in [5.41, 5.74) is 5.75. The standard InChI is InChI=1S/C8H13N/c1-2-7-5-3-4-6-8(7)9/h1,7-8H,3-6,9H2/t7-,8-/m0/s1. The molecule has 1 aliphatic rings. The van der Waals surface area contributed by atoms with Gasteiger partial charge >= 0.3 is 0 Å². The molecule has 1 aliphatic carbocycles. The SMILES string of the molecule is C#C[C@H]1CCCC[C@@H]1N. The summed E-state index contributed by atoms with van der Waals surface area (Å²) in [6.45, 7) is 0. The van der Waals surface area contributed by atoms with Crippen molar-refractivity contribution in [1.29, 1.82) is 0 Å². The highest BCUT2D eigenvalue weighted by molar-refractivity contribution is 4.99. The van der Waals surface area contributed by atoms with E-state index in [2.05, 4.69) is 5.92 Å². The summed E-state index contributed by atoms with van der Waals surface area (Å²) in [5, 5.41) is 0. The molecule has 0 unspecified atom stereocenters. The minimum Gasteiger partial charge on any atom is -0.327 e. The maximum absolute atomic E-state index is 5.75. The molecule has 0 saturated heterocycles. The van der Waals surface area contributed by atoms with E-state index >= 15 is 0 Å². The van der Waals surface area contributed by atoms with Gasteiger partial charge in [0.2, 0.25) is 0 Å². The van der Waals surface area contributed by atoms with Crippen LogP contribution in [0.2, 0.25) is 0 Å². The third-order valence-corrected chi connectivity index (χ3v) is 2.03. The average Bonchev–Trinajstić information content (AvgIpc) is 1.89. The van der Waals surface area contributed by atoms with Crippen molar-refractivity contribution in [2.45, 2.75) is 31.7 Å². The van der Waals surface area contributed by atoms with Crippen LogP contribution in [0, 0.1) is 18.3 Å². The van der Waals surface area contributed by atoms with E-state index in [9.17, 15) is 0 Å². The number of nitrogens with two attached hydrogens (primary N) is 1. The highest BCUT2D eigenvalue weighted by atomic mass is 14.6. The van der Waals surface area contributed by atoms with Crippen molar-refractivity contribution in [1.82, 2.24) is 0 Å². The van der Waals surface area contributed by atoms with E-state index in [1.165, 1.54) is 12.8 Å². The monoisotopic (exact) mass is 123 g/mol. The van der Waals surface area contributed by atoms with E-state index < -0.39 is 0 Å². The van der Waals surface area contributed by atoms with Crippen molar-refractivity contribution >= 4 is 0 Å². The zero-order valence-corrected chi connectivity index (χ0v) is 5.64. The maximum Gasteiger partial charge on any atom is 0.0351 e. The van der Waals surface area contributed by atoms with Crippen LogP contribution in [-0.4, -0.2) is 6.04 Å². The summed E-state index contributed by atoms with van der Waals surface area (Å²) in [5.74, 6) is 3.09. The third kappa shape index (κ3) is 1.46. The zero-order chi connectivity index (χ0) is 6.69. The first-order chi connectivity index (χ1) is 4.34. The van der Waals surface area contributed by atoms with Crippen molar-refractivity contribution in [3.8, 4) is 12.3 Å². The Bertz CT molecular complexity index is 123. The van der Waals surface area contributed by atoms with Crippen LogP contribution < -0.4 is 5.73 Å². The Morgan fingerprint density at radius 3 is 2.44 bits per heavy atom. The molecule has 0 heterocycles. The minimum absolute atomic E-state index is 0.281. The van der Waals surface area contributed by atoms with E-state index in [1.807, 2.05) is 0 Å². The van der Waals surface area contributed by atoms with Gasteiger partial charge < -0.3 is 5.73 Å². The molecule has 1 rings (SSSR count). The number of rotatable bonds is 0. The molecule has 0 bridgehead atoms. The summed E-state index contributed by atoms with van der Waals surface area (Å²) in [4.78, 5) is 0. The molecule has 50 valence electrons. The highest BCUT2D eigenvalue weighted by Crippen LogP contribution is 2.21. The predicted molar refractivity (Wildman–Crippen MR) is 38.8 cm³/mol. The van der Waals surface area contributed by atoms with E-state index in [0.29, 0.717) is 5.92 Å². The lowest BCUT2D eigenvalue weighted by molar-refractivity contribution is 0.372. The van der Waals surface area contributed by atoms with Crippen molar-refractivity contribution in [3.05, 3.63) is 0 Å². The maximum atomic E-state index is 5.75. The Balaban J connectivity index is 2.41. The van der Waals surface area contributed by atoms with Crippen molar-refractivity contribution < 1.29 is 0 Å². The summed E-state index contributed by atoms with van der Waals surface area (Å²) < 4.78 is 0. The van der Waals surface area contributed by atoms with Gasteiger partial charge in [-0.05, 0) is 12.8 Å². The van der Waals surface area contributed by atoms with E-state index in [-0.39, 0.29) is 6.04 Å². The van der Waals surface area contributed by atoms with Gasteiger partial charge in [0.1, 0.15) is 0 Å². The fourth-order valence-electron chi connectivity index (χ4n) is 1.37. The first kappa shape index (κ1) is 6.64. The minimum atomic E-state index is 0.281. The van der Waals surface area contributed by atoms with Crippen LogP contribution in [0.1, 0.15) is 25.7 Å². The second-order valence-corrected chi connectivity index (χ2v) is 2.72. The summed E-state index contributed by atoms with van der Waals surface area (Å²) in [6, 6.07) is 0.281. The van der Waals surface area contributed by atoms with Gasteiger partial charge in [-0.25, -0.2) is 0 Å². The van der Waals surface area contributed by atoms with E-state index in [1.54, 1.807) is 0 Å². The molecule has 1 fully saturated rings. The summed E-state index contributed by atoms with van der Waals surface area (Å²) >= 11 is 0. The fourth-order valence-corrected chi connectivity index (χ4v) is 1.37. The van der Waals surface area contributed by atoms with Crippen molar-refractivity contribution in [3.63, 3.8) is 0 Å². The Morgan fingerprint density at radius 1 is 1.33 bits per heavy atom. The highest BCUT2D eigenvalue weighted by Gasteiger charge is 2.18. The van der Waals surface area contributed by atoms with Crippen molar-refractivity contribution in [2.75, 3.05) is 0 Å². The first-order valence-corrected chi connectivity index (χ1v) is 3.56. The number of terminal acetylenes is 1. The number of hydrogen-bond donors (Lipinski definition) is 1. The van der Waals surface area contributed by atoms with Gasteiger partial charge in [-0.1, -0.05) is 12.8 Å². The second-order valence-electron chi connectivity index (χ2n) is 2.72. The third-order valence-electron chi connectivity index (χ3n) is 2.03. The zero-order valence-electron chi connectivity index (χ0n) is 5.64. The smallest absolute Gasteiger partial charge is 0.0351 e. The van der Waals surface area contributed by atoms with Gasteiger partial charge in [-0.2, -0.15) is 0 Å². The molecule has 2 atom stereocenters. The van der Waals surface area contributed by atoms with E-state index in [0.717, 1.165) is 12.8 Å². The quantitative estimate of drug-likeness (QED) is 0.480. The second kappa shape index (κ2) is 2.89. The molecule has 0 radical (unpaired) electrons.